The van der Waals surface area contributed by atoms with Crippen molar-refractivity contribution in [2.45, 2.75) is 19.9 Å². The van der Waals surface area contributed by atoms with E-state index < -0.39 is 5.82 Å². The SMILES string of the molecule is CC(C)N=C(NN)Nc1c(Cl)cc(F)cc1Br. The van der Waals surface area contributed by atoms with Crippen molar-refractivity contribution in [2.75, 3.05) is 5.32 Å². The highest BCUT2D eigenvalue weighted by Crippen LogP contribution is 2.31. The molecule has 1 rings (SSSR count). The summed E-state index contributed by atoms with van der Waals surface area (Å²) in [6, 6.07) is 2.57. The number of hydrogen-bond acceptors (Lipinski definition) is 2. The third-order valence-electron chi connectivity index (χ3n) is 1.77. The Kier molecular flexibility index (Phi) is 5.17. The van der Waals surface area contributed by atoms with Crippen LogP contribution in [0.15, 0.2) is 21.6 Å². The van der Waals surface area contributed by atoms with Gasteiger partial charge in [-0.3, -0.25) is 5.43 Å². The normalized spacial score (nSPS) is 11.8. The van der Waals surface area contributed by atoms with Gasteiger partial charge in [-0.15, -0.1) is 0 Å². The minimum atomic E-state index is -0.421. The summed E-state index contributed by atoms with van der Waals surface area (Å²) in [6.07, 6.45) is 0. The average molecular weight is 324 g/mol. The molecular formula is C10H13BrClFN4. The van der Waals surface area contributed by atoms with E-state index in [4.69, 9.17) is 17.4 Å². The van der Waals surface area contributed by atoms with Crippen LogP contribution in [0.1, 0.15) is 13.8 Å². The minimum absolute atomic E-state index is 0.0616. The van der Waals surface area contributed by atoms with Gasteiger partial charge in [-0.25, -0.2) is 15.2 Å². The Morgan fingerprint density at radius 3 is 2.65 bits per heavy atom. The highest BCUT2D eigenvalue weighted by atomic mass is 79.9. The molecule has 0 spiro atoms. The second-order valence-corrected chi connectivity index (χ2v) is 4.85. The van der Waals surface area contributed by atoms with Gasteiger partial charge in [0.1, 0.15) is 5.82 Å². The van der Waals surface area contributed by atoms with E-state index in [1.807, 2.05) is 13.8 Å². The highest BCUT2D eigenvalue weighted by Gasteiger charge is 2.10. The zero-order valence-electron chi connectivity index (χ0n) is 9.39. The Labute approximate surface area is 113 Å². The summed E-state index contributed by atoms with van der Waals surface area (Å²) in [5, 5.41) is 3.13. The second kappa shape index (κ2) is 6.18. The molecule has 0 radical (unpaired) electrons. The van der Waals surface area contributed by atoms with Crippen molar-refractivity contribution < 1.29 is 4.39 Å². The first kappa shape index (κ1) is 14.2. The molecule has 0 heterocycles. The molecule has 4 N–H and O–H groups in total. The number of nitrogens with two attached hydrogens (primary N) is 1. The summed E-state index contributed by atoms with van der Waals surface area (Å²) in [6.45, 7) is 3.81. The maximum atomic E-state index is 13.0. The molecule has 0 aromatic heterocycles. The summed E-state index contributed by atoms with van der Waals surface area (Å²) in [4.78, 5) is 4.19. The van der Waals surface area contributed by atoms with Crippen molar-refractivity contribution in [1.29, 1.82) is 0 Å². The molecule has 0 aliphatic heterocycles. The number of guanidine groups is 1. The van der Waals surface area contributed by atoms with E-state index in [1.165, 1.54) is 12.1 Å². The van der Waals surface area contributed by atoms with Gasteiger partial charge in [-0.1, -0.05) is 11.6 Å². The molecule has 0 saturated carbocycles. The molecule has 0 aliphatic rings. The first-order valence-corrected chi connectivity index (χ1v) is 6.07. The zero-order chi connectivity index (χ0) is 13.0. The van der Waals surface area contributed by atoms with Gasteiger partial charge >= 0.3 is 0 Å². The Bertz CT molecular complexity index is 413. The van der Waals surface area contributed by atoms with Gasteiger partial charge < -0.3 is 5.32 Å². The van der Waals surface area contributed by atoms with Crippen LogP contribution in [0.5, 0.6) is 0 Å². The lowest BCUT2D eigenvalue weighted by molar-refractivity contribution is 0.627. The monoisotopic (exact) mass is 322 g/mol. The molecule has 0 aliphatic carbocycles. The van der Waals surface area contributed by atoms with Crippen molar-refractivity contribution in [3.05, 3.63) is 27.4 Å². The van der Waals surface area contributed by atoms with Gasteiger partial charge in [-0.2, -0.15) is 0 Å². The number of hydrazine groups is 1. The largest absolute Gasteiger partial charge is 0.323 e. The molecule has 1 aromatic rings. The van der Waals surface area contributed by atoms with Crippen LogP contribution in [0.4, 0.5) is 10.1 Å². The van der Waals surface area contributed by atoms with E-state index in [-0.39, 0.29) is 11.1 Å². The zero-order valence-corrected chi connectivity index (χ0v) is 11.7. The maximum absolute atomic E-state index is 13.0. The van der Waals surface area contributed by atoms with E-state index in [0.29, 0.717) is 16.1 Å². The topological polar surface area (TPSA) is 62.4 Å². The quantitative estimate of drug-likeness (QED) is 0.339. The Morgan fingerprint density at radius 1 is 1.53 bits per heavy atom. The number of anilines is 1. The Hall–Kier alpha value is -0.850. The predicted molar refractivity (Wildman–Crippen MR) is 72.6 cm³/mol. The lowest BCUT2D eigenvalue weighted by atomic mass is 10.3. The fourth-order valence-electron chi connectivity index (χ4n) is 1.14. The smallest absolute Gasteiger partial charge is 0.210 e. The van der Waals surface area contributed by atoms with Gasteiger partial charge in [0.25, 0.3) is 0 Å². The molecule has 94 valence electrons. The molecule has 0 amide bonds. The van der Waals surface area contributed by atoms with Crippen LogP contribution in [0, 0.1) is 5.82 Å². The number of hydrogen-bond donors (Lipinski definition) is 3. The van der Waals surface area contributed by atoms with E-state index in [0.717, 1.165) is 0 Å². The fourth-order valence-corrected chi connectivity index (χ4v) is 2.04. The van der Waals surface area contributed by atoms with Gasteiger partial charge in [-0.05, 0) is 41.9 Å². The summed E-state index contributed by atoms with van der Waals surface area (Å²) >= 11 is 9.13. The first-order valence-electron chi connectivity index (χ1n) is 4.90. The number of benzene rings is 1. The number of nitrogens with zero attached hydrogens (tertiary/aromatic N) is 1. The molecular weight excluding hydrogens is 310 g/mol. The summed E-state index contributed by atoms with van der Waals surface area (Å²) in [5.74, 6) is 5.26. The van der Waals surface area contributed by atoms with E-state index >= 15 is 0 Å². The maximum Gasteiger partial charge on any atom is 0.210 e. The molecule has 17 heavy (non-hydrogen) atoms. The molecule has 1 aromatic carbocycles. The minimum Gasteiger partial charge on any atom is -0.323 e. The number of halogens is 3. The summed E-state index contributed by atoms with van der Waals surface area (Å²) < 4.78 is 13.5. The predicted octanol–water partition coefficient (Wildman–Crippen LogP) is 2.88. The molecule has 0 unspecified atom stereocenters. The summed E-state index contributed by atoms with van der Waals surface area (Å²) in [7, 11) is 0. The van der Waals surface area contributed by atoms with E-state index in [9.17, 15) is 4.39 Å². The van der Waals surface area contributed by atoms with Crippen LogP contribution in [-0.2, 0) is 0 Å². The van der Waals surface area contributed by atoms with Crippen LogP contribution < -0.4 is 16.6 Å². The molecule has 4 nitrogen and oxygen atoms in total. The van der Waals surface area contributed by atoms with Crippen LogP contribution >= 0.6 is 27.5 Å². The molecule has 0 bridgehead atoms. The standard InChI is InChI=1S/C10H13BrClFN4/c1-5(2)15-10(17-14)16-9-7(11)3-6(13)4-8(9)12/h3-5H,14H2,1-2H3,(H2,15,16,17). The van der Waals surface area contributed by atoms with Crippen LogP contribution in [0.25, 0.3) is 0 Å². The van der Waals surface area contributed by atoms with Crippen LogP contribution in [0.2, 0.25) is 5.02 Å². The van der Waals surface area contributed by atoms with Gasteiger partial charge in [0.05, 0.1) is 10.7 Å². The molecule has 0 atom stereocenters. The van der Waals surface area contributed by atoms with Crippen molar-refractivity contribution in [3.63, 3.8) is 0 Å². The first-order chi connectivity index (χ1) is 7.93. The van der Waals surface area contributed by atoms with Crippen molar-refractivity contribution in [1.82, 2.24) is 5.43 Å². The van der Waals surface area contributed by atoms with Crippen molar-refractivity contribution in [3.8, 4) is 0 Å². The Balaban J connectivity index is 3.02. The van der Waals surface area contributed by atoms with Gasteiger partial charge in [0.15, 0.2) is 0 Å². The van der Waals surface area contributed by atoms with Crippen LogP contribution in [0.3, 0.4) is 0 Å². The van der Waals surface area contributed by atoms with Crippen LogP contribution in [-0.4, -0.2) is 12.0 Å². The third-order valence-corrected chi connectivity index (χ3v) is 2.70. The Morgan fingerprint density at radius 2 is 2.18 bits per heavy atom. The highest BCUT2D eigenvalue weighted by molar-refractivity contribution is 9.10. The number of aliphatic imine (C=N–C) groups is 1. The van der Waals surface area contributed by atoms with Crippen molar-refractivity contribution in [2.24, 2.45) is 10.8 Å². The molecule has 0 fully saturated rings. The van der Waals surface area contributed by atoms with Gasteiger partial charge in [0, 0.05) is 10.5 Å². The lowest BCUT2D eigenvalue weighted by Gasteiger charge is -2.13. The second-order valence-electron chi connectivity index (χ2n) is 3.59. The fraction of sp³-hybridized carbons (Fsp3) is 0.300. The average Bonchev–Trinajstić information content (AvgIpc) is 2.20. The van der Waals surface area contributed by atoms with E-state index in [2.05, 4.69) is 31.7 Å². The van der Waals surface area contributed by atoms with Gasteiger partial charge in [0.2, 0.25) is 5.96 Å². The summed E-state index contributed by atoms with van der Waals surface area (Å²) in [5.41, 5.74) is 2.92. The molecule has 7 heteroatoms. The molecule has 0 saturated heterocycles. The number of rotatable bonds is 2. The van der Waals surface area contributed by atoms with Crippen molar-refractivity contribution >= 4 is 39.2 Å². The van der Waals surface area contributed by atoms with E-state index in [1.54, 1.807) is 0 Å². The number of nitrogens with one attached hydrogen (secondary N) is 2. The third kappa shape index (κ3) is 4.14. The lowest BCUT2D eigenvalue weighted by Crippen LogP contribution is -2.37.